The van der Waals surface area contributed by atoms with E-state index in [4.69, 9.17) is 9.05 Å². The van der Waals surface area contributed by atoms with Gasteiger partial charge in [0.1, 0.15) is 0 Å². The van der Waals surface area contributed by atoms with Gasteiger partial charge >= 0.3 is 7.60 Å². The molecule has 0 aliphatic heterocycles. The molecular formula is C8H17O4P. The van der Waals surface area contributed by atoms with Crippen molar-refractivity contribution in [2.75, 3.05) is 13.2 Å². The summed E-state index contributed by atoms with van der Waals surface area (Å²) in [6, 6.07) is 0. The Labute approximate surface area is 79.1 Å². The first-order chi connectivity index (χ1) is 6.10. The zero-order valence-electron chi connectivity index (χ0n) is 8.27. The fourth-order valence-electron chi connectivity index (χ4n) is 0.827. The molecule has 1 atom stereocenters. The third-order valence-corrected chi connectivity index (χ3v) is 3.36. The molecule has 0 spiro atoms. The highest BCUT2D eigenvalue weighted by Crippen LogP contribution is 2.52. The first kappa shape index (κ1) is 12.8. The molecule has 13 heavy (non-hydrogen) atoms. The van der Waals surface area contributed by atoms with Crippen LogP contribution >= 0.6 is 7.60 Å². The van der Waals surface area contributed by atoms with Gasteiger partial charge in [-0.25, -0.2) is 0 Å². The normalized spacial score (nSPS) is 15.1. The van der Waals surface area contributed by atoms with E-state index in [1.54, 1.807) is 26.8 Å². The molecule has 5 heteroatoms. The summed E-state index contributed by atoms with van der Waals surface area (Å²) in [7, 11) is -3.36. The van der Waals surface area contributed by atoms with E-state index in [9.17, 15) is 9.67 Å². The first-order valence-corrected chi connectivity index (χ1v) is 5.91. The number of hydrogen-bond donors (Lipinski definition) is 1. The van der Waals surface area contributed by atoms with E-state index in [2.05, 4.69) is 0 Å². The molecule has 0 aromatic heterocycles. The van der Waals surface area contributed by atoms with Gasteiger partial charge in [0, 0.05) is 0 Å². The second-order valence-corrected chi connectivity index (χ2v) is 4.44. The Kier molecular flexibility index (Phi) is 6.25. The summed E-state index contributed by atoms with van der Waals surface area (Å²) in [5, 5.41) is 9.43. The summed E-state index contributed by atoms with van der Waals surface area (Å²) in [6.45, 7) is 5.64. The lowest BCUT2D eigenvalue weighted by Crippen LogP contribution is -2.09. The molecular weight excluding hydrogens is 191 g/mol. The van der Waals surface area contributed by atoms with Gasteiger partial charge in [-0.2, -0.15) is 0 Å². The number of aliphatic hydroxyl groups is 1. The van der Waals surface area contributed by atoms with Gasteiger partial charge < -0.3 is 14.2 Å². The van der Waals surface area contributed by atoms with Gasteiger partial charge in [0.25, 0.3) is 0 Å². The van der Waals surface area contributed by atoms with Gasteiger partial charge in [0.15, 0.2) is 5.85 Å². The van der Waals surface area contributed by atoms with Gasteiger partial charge in [-0.3, -0.25) is 4.57 Å². The molecule has 4 nitrogen and oxygen atoms in total. The standard InChI is InChI=1S/C8H17O4P/c1-4-7-8(9)13(10,11-5-2)12-6-3/h4,7-9H,5-6H2,1-3H3/b7-4+. The molecule has 1 N–H and O–H groups in total. The van der Waals surface area contributed by atoms with Crippen molar-refractivity contribution >= 4 is 7.60 Å². The molecule has 0 saturated heterocycles. The third kappa shape index (κ3) is 4.05. The Bertz CT molecular complexity index is 192. The molecule has 1 unspecified atom stereocenters. The summed E-state index contributed by atoms with van der Waals surface area (Å²) in [5.74, 6) is -1.17. The Balaban J connectivity index is 4.46. The predicted octanol–water partition coefficient (Wildman–Crippen LogP) is 2.15. The van der Waals surface area contributed by atoms with Crippen LogP contribution in [0.1, 0.15) is 20.8 Å². The van der Waals surface area contributed by atoms with Crippen molar-refractivity contribution in [2.45, 2.75) is 26.6 Å². The predicted molar refractivity (Wildman–Crippen MR) is 51.7 cm³/mol. The van der Waals surface area contributed by atoms with Crippen LogP contribution in [0.4, 0.5) is 0 Å². The fraction of sp³-hybridized carbons (Fsp3) is 0.750. The van der Waals surface area contributed by atoms with Crippen LogP contribution in [-0.4, -0.2) is 24.2 Å². The number of hydrogen-bond acceptors (Lipinski definition) is 4. The summed E-state index contributed by atoms with van der Waals surface area (Å²) >= 11 is 0. The lowest BCUT2D eigenvalue weighted by molar-refractivity contribution is 0.168. The van der Waals surface area contributed by atoms with Crippen LogP contribution in [-0.2, 0) is 13.6 Å². The topological polar surface area (TPSA) is 55.8 Å². The van der Waals surface area contributed by atoms with Crippen LogP contribution < -0.4 is 0 Å². The Morgan fingerprint density at radius 2 is 1.85 bits per heavy atom. The minimum Gasteiger partial charge on any atom is -0.377 e. The van der Waals surface area contributed by atoms with Crippen molar-refractivity contribution < 1.29 is 18.7 Å². The minimum absolute atomic E-state index is 0.256. The molecule has 0 aromatic rings. The lowest BCUT2D eigenvalue weighted by Gasteiger charge is -2.19. The molecule has 0 bridgehead atoms. The summed E-state index contributed by atoms with van der Waals surface area (Å²) in [6.07, 6.45) is 3.00. The monoisotopic (exact) mass is 208 g/mol. The van der Waals surface area contributed by atoms with E-state index in [0.717, 1.165) is 0 Å². The highest BCUT2D eigenvalue weighted by Gasteiger charge is 2.31. The van der Waals surface area contributed by atoms with E-state index in [1.807, 2.05) is 0 Å². The molecule has 0 aromatic carbocycles. The zero-order chi connectivity index (χ0) is 10.3. The smallest absolute Gasteiger partial charge is 0.362 e. The van der Waals surface area contributed by atoms with Crippen molar-refractivity contribution in [2.24, 2.45) is 0 Å². The van der Waals surface area contributed by atoms with Crippen molar-refractivity contribution in [1.29, 1.82) is 0 Å². The molecule has 0 saturated carbocycles. The van der Waals surface area contributed by atoms with E-state index in [0.29, 0.717) is 0 Å². The van der Waals surface area contributed by atoms with Crippen molar-refractivity contribution in [3.8, 4) is 0 Å². The second kappa shape index (κ2) is 6.33. The summed E-state index contributed by atoms with van der Waals surface area (Å²) in [4.78, 5) is 0. The van der Waals surface area contributed by atoms with Crippen molar-refractivity contribution in [1.82, 2.24) is 0 Å². The van der Waals surface area contributed by atoms with E-state index in [-0.39, 0.29) is 13.2 Å². The Morgan fingerprint density at radius 1 is 1.38 bits per heavy atom. The molecule has 0 amide bonds. The third-order valence-electron chi connectivity index (χ3n) is 1.31. The van der Waals surface area contributed by atoms with Gasteiger partial charge in [-0.05, 0) is 26.8 Å². The quantitative estimate of drug-likeness (QED) is 0.536. The van der Waals surface area contributed by atoms with Crippen LogP contribution in [0.2, 0.25) is 0 Å². The van der Waals surface area contributed by atoms with Crippen LogP contribution in [0.15, 0.2) is 12.2 Å². The SMILES string of the molecule is C/C=C/C(O)P(=O)(OCC)OCC. The number of aliphatic hydroxyl groups excluding tert-OH is 1. The molecule has 0 radical (unpaired) electrons. The van der Waals surface area contributed by atoms with Crippen LogP contribution in [0.5, 0.6) is 0 Å². The maximum absolute atomic E-state index is 11.8. The lowest BCUT2D eigenvalue weighted by atomic mass is 10.6. The second-order valence-electron chi connectivity index (χ2n) is 2.31. The van der Waals surface area contributed by atoms with Gasteiger partial charge in [0.05, 0.1) is 13.2 Å². The van der Waals surface area contributed by atoms with Gasteiger partial charge in [0.2, 0.25) is 0 Å². The average molecular weight is 208 g/mol. The zero-order valence-corrected chi connectivity index (χ0v) is 9.16. The fourth-order valence-corrected chi connectivity index (χ4v) is 2.31. The van der Waals surface area contributed by atoms with Crippen LogP contribution in [0.3, 0.4) is 0 Å². The summed E-state index contributed by atoms with van der Waals surface area (Å²) < 4.78 is 21.6. The van der Waals surface area contributed by atoms with E-state index < -0.39 is 13.4 Å². The van der Waals surface area contributed by atoms with Gasteiger partial charge in [-0.15, -0.1) is 0 Å². The highest BCUT2D eigenvalue weighted by molar-refractivity contribution is 7.54. The molecule has 78 valence electrons. The maximum atomic E-state index is 11.8. The van der Waals surface area contributed by atoms with Crippen LogP contribution in [0.25, 0.3) is 0 Å². The van der Waals surface area contributed by atoms with Crippen molar-refractivity contribution in [3.05, 3.63) is 12.2 Å². The molecule has 0 rings (SSSR count). The Morgan fingerprint density at radius 3 is 2.15 bits per heavy atom. The number of rotatable bonds is 6. The molecule has 0 aliphatic rings. The van der Waals surface area contributed by atoms with Crippen molar-refractivity contribution in [3.63, 3.8) is 0 Å². The van der Waals surface area contributed by atoms with E-state index >= 15 is 0 Å². The largest absolute Gasteiger partial charge is 0.377 e. The maximum Gasteiger partial charge on any atom is 0.362 e. The minimum atomic E-state index is -3.36. The average Bonchev–Trinajstić information content (AvgIpc) is 2.05. The van der Waals surface area contributed by atoms with E-state index in [1.165, 1.54) is 6.08 Å². The number of allylic oxidation sites excluding steroid dienone is 1. The molecule has 0 heterocycles. The van der Waals surface area contributed by atoms with Crippen LogP contribution in [0, 0.1) is 0 Å². The first-order valence-electron chi connectivity index (χ1n) is 4.30. The summed E-state index contributed by atoms with van der Waals surface area (Å²) in [5.41, 5.74) is 0. The Hall–Kier alpha value is -0.150. The molecule has 0 fully saturated rings. The van der Waals surface area contributed by atoms with Gasteiger partial charge in [-0.1, -0.05) is 6.08 Å². The highest BCUT2D eigenvalue weighted by atomic mass is 31.2. The molecule has 0 aliphatic carbocycles.